The molecule has 118 valence electrons. The average Bonchev–Trinajstić information content (AvgIpc) is 2.94. The zero-order valence-electron chi connectivity index (χ0n) is 12.6. The first-order valence-corrected chi connectivity index (χ1v) is 7.57. The summed E-state index contributed by atoms with van der Waals surface area (Å²) in [7, 11) is 0. The van der Waals surface area contributed by atoms with Crippen molar-refractivity contribution in [2.45, 2.75) is 19.3 Å². The molecule has 4 nitrogen and oxygen atoms in total. The van der Waals surface area contributed by atoms with Crippen molar-refractivity contribution in [2.75, 3.05) is 16.8 Å². The number of benzene rings is 2. The zero-order chi connectivity index (χ0) is 16.2. The molecule has 1 N–H and O–H groups in total. The molecule has 0 unspecified atom stereocenters. The second-order valence-electron chi connectivity index (χ2n) is 5.52. The summed E-state index contributed by atoms with van der Waals surface area (Å²) in [6, 6.07) is 13.2. The van der Waals surface area contributed by atoms with Crippen LogP contribution in [-0.2, 0) is 16.0 Å². The fourth-order valence-corrected chi connectivity index (χ4v) is 2.74. The molecule has 1 aliphatic rings. The first-order chi connectivity index (χ1) is 11.1. The van der Waals surface area contributed by atoms with Crippen molar-refractivity contribution in [3.8, 4) is 0 Å². The maximum absolute atomic E-state index is 13.2. The van der Waals surface area contributed by atoms with E-state index in [2.05, 4.69) is 5.32 Å². The lowest BCUT2D eigenvalue weighted by atomic mass is 10.1. The molecule has 1 aliphatic heterocycles. The molecule has 1 heterocycles. The molecule has 0 radical (unpaired) electrons. The Labute approximate surface area is 133 Å². The Morgan fingerprint density at radius 1 is 1.17 bits per heavy atom. The van der Waals surface area contributed by atoms with Crippen molar-refractivity contribution in [1.82, 2.24) is 0 Å². The predicted molar refractivity (Wildman–Crippen MR) is 86.8 cm³/mol. The molecule has 0 bridgehead atoms. The zero-order valence-corrected chi connectivity index (χ0v) is 12.6. The monoisotopic (exact) mass is 312 g/mol. The van der Waals surface area contributed by atoms with E-state index in [9.17, 15) is 14.0 Å². The number of amides is 2. The maximum Gasteiger partial charge on any atom is 0.228 e. The number of carbonyl (C=O) groups is 2. The largest absolute Gasteiger partial charge is 0.324 e. The molecular weight excluding hydrogens is 295 g/mol. The van der Waals surface area contributed by atoms with Gasteiger partial charge in [-0.1, -0.05) is 24.3 Å². The standard InChI is InChI=1S/C18H17FN2O2/c19-14-6-3-5-13(11-14)12-17(22)20-15-7-1-2-8-16(15)21-10-4-9-18(21)23/h1-3,5-8,11H,4,9-10,12H2,(H,20,22). The Kier molecular flexibility index (Phi) is 4.37. The van der Waals surface area contributed by atoms with E-state index in [0.717, 1.165) is 6.42 Å². The van der Waals surface area contributed by atoms with Crippen molar-refractivity contribution in [2.24, 2.45) is 0 Å². The number of hydrogen-bond acceptors (Lipinski definition) is 2. The van der Waals surface area contributed by atoms with Crippen LogP contribution < -0.4 is 10.2 Å². The summed E-state index contributed by atoms with van der Waals surface area (Å²) in [5, 5.41) is 2.82. The van der Waals surface area contributed by atoms with Crippen LogP contribution in [0.4, 0.5) is 15.8 Å². The summed E-state index contributed by atoms with van der Waals surface area (Å²) >= 11 is 0. The highest BCUT2D eigenvalue weighted by Gasteiger charge is 2.24. The van der Waals surface area contributed by atoms with Crippen LogP contribution in [-0.4, -0.2) is 18.4 Å². The molecule has 0 spiro atoms. The number of halogens is 1. The molecule has 1 saturated heterocycles. The number of rotatable bonds is 4. The fourth-order valence-electron chi connectivity index (χ4n) is 2.74. The Morgan fingerprint density at radius 3 is 2.74 bits per heavy atom. The molecule has 2 aromatic rings. The van der Waals surface area contributed by atoms with Gasteiger partial charge in [-0.25, -0.2) is 4.39 Å². The van der Waals surface area contributed by atoms with Gasteiger partial charge >= 0.3 is 0 Å². The minimum absolute atomic E-state index is 0.0665. The number of carbonyl (C=O) groups excluding carboxylic acids is 2. The van der Waals surface area contributed by atoms with E-state index >= 15 is 0 Å². The van der Waals surface area contributed by atoms with Crippen molar-refractivity contribution < 1.29 is 14.0 Å². The lowest BCUT2D eigenvalue weighted by Crippen LogP contribution is -2.25. The lowest BCUT2D eigenvalue weighted by molar-refractivity contribution is -0.117. The van der Waals surface area contributed by atoms with Gasteiger partial charge in [-0.3, -0.25) is 9.59 Å². The van der Waals surface area contributed by atoms with E-state index in [1.54, 1.807) is 23.1 Å². The number of anilines is 2. The highest BCUT2D eigenvalue weighted by molar-refractivity contribution is 6.02. The number of nitrogens with zero attached hydrogens (tertiary/aromatic N) is 1. The van der Waals surface area contributed by atoms with Crippen LogP contribution in [0.2, 0.25) is 0 Å². The fraction of sp³-hybridized carbons (Fsp3) is 0.222. The van der Waals surface area contributed by atoms with Crippen LogP contribution in [0.1, 0.15) is 18.4 Å². The second-order valence-corrected chi connectivity index (χ2v) is 5.52. The highest BCUT2D eigenvalue weighted by Crippen LogP contribution is 2.29. The van der Waals surface area contributed by atoms with Crippen LogP contribution in [0.5, 0.6) is 0 Å². The first-order valence-electron chi connectivity index (χ1n) is 7.57. The van der Waals surface area contributed by atoms with Gasteiger partial charge in [0.1, 0.15) is 5.82 Å². The van der Waals surface area contributed by atoms with Crippen LogP contribution in [0.3, 0.4) is 0 Å². The first kappa shape index (κ1) is 15.2. The number of nitrogens with one attached hydrogen (secondary N) is 1. The van der Waals surface area contributed by atoms with Crippen LogP contribution in [0.15, 0.2) is 48.5 Å². The van der Waals surface area contributed by atoms with Gasteiger partial charge in [0.15, 0.2) is 0 Å². The predicted octanol–water partition coefficient (Wildman–Crippen LogP) is 3.13. The Morgan fingerprint density at radius 2 is 2.00 bits per heavy atom. The van der Waals surface area contributed by atoms with Gasteiger partial charge in [0, 0.05) is 13.0 Å². The smallest absolute Gasteiger partial charge is 0.228 e. The summed E-state index contributed by atoms with van der Waals surface area (Å²) in [6.07, 6.45) is 1.44. The third-order valence-electron chi connectivity index (χ3n) is 3.80. The van der Waals surface area contributed by atoms with Gasteiger partial charge in [-0.05, 0) is 36.2 Å². The molecule has 5 heteroatoms. The third kappa shape index (κ3) is 3.56. The Hall–Kier alpha value is -2.69. The average molecular weight is 312 g/mol. The molecule has 0 aliphatic carbocycles. The van der Waals surface area contributed by atoms with Crippen molar-refractivity contribution in [1.29, 1.82) is 0 Å². The van der Waals surface area contributed by atoms with Crippen molar-refractivity contribution in [3.05, 3.63) is 59.9 Å². The summed E-state index contributed by atoms with van der Waals surface area (Å²) in [6.45, 7) is 0.662. The summed E-state index contributed by atoms with van der Waals surface area (Å²) in [4.78, 5) is 25.8. The molecular formula is C18H17FN2O2. The van der Waals surface area contributed by atoms with Gasteiger partial charge in [0.05, 0.1) is 17.8 Å². The number of para-hydroxylation sites is 2. The molecule has 2 amide bonds. The van der Waals surface area contributed by atoms with Crippen LogP contribution in [0, 0.1) is 5.82 Å². The quantitative estimate of drug-likeness (QED) is 0.943. The minimum atomic E-state index is -0.363. The van der Waals surface area contributed by atoms with E-state index in [1.165, 1.54) is 12.1 Å². The molecule has 1 fully saturated rings. The van der Waals surface area contributed by atoms with Gasteiger partial charge in [-0.2, -0.15) is 0 Å². The Balaban J connectivity index is 1.75. The van der Waals surface area contributed by atoms with E-state index in [1.807, 2.05) is 18.2 Å². The second kappa shape index (κ2) is 6.60. The number of hydrogen-bond donors (Lipinski definition) is 1. The highest BCUT2D eigenvalue weighted by atomic mass is 19.1. The lowest BCUT2D eigenvalue weighted by Gasteiger charge is -2.20. The van der Waals surface area contributed by atoms with Gasteiger partial charge < -0.3 is 10.2 Å². The van der Waals surface area contributed by atoms with Gasteiger partial charge in [0.2, 0.25) is 11.8 Å². The van der Waals surface area contributed by atoms with Gasteiger partial charge in [0.25, 0.3) is 0 Å². The van der Waals surface area contributed by atoms with E-state index < -0.39 is 0 Å². The van der Waals surface area contributed by atoms with Crippen LogP contribution in [0.25, 0.3) is 0 Å². The molecule has 2 aromatic carbocycles. The molecule has 0 atom stereocenters. The topological polar surface area (TPSA) is 49.4 Å². The van der Waals surface area contributed by atoms with E-state index in [0.29, 0.717) is 29.9 Å². The van der Waals surface area contributed by atoms with Crippen molar-refractivity contribution in [3.63, 3.8) is 0 Å². The SMILES string of the molecule is O=C(Cc1cccc(F)c1)Nc1ccccc1N1CCCC1=O. The molecule has 23 heavy (non-hydrogen) atoms. The van der Waals surface area contributed by atoms with Crippen LogP contribution >= 0.6 is 0 Å². The maximum atomic E-state index is 13.2. The van der Waals surface area contributed by atoms with Crippen molar-refractivity contribution >= 4 is 23.2 Å². The van der Waals surface area contributed by atoms with E-state index in [4.69, 9.17) is 0 Å². The molecule has 3 rings (SSSR count). The minimum Gasteiger partial charge on any atom is -0.324 e. The summed E-state index contributed by atoms with van der Waals surface area (Å²) in [5.74, 6) is -0.537. The summed E-state index contributed by atoms with van der Waals surface area (Å²) in [5.41, 5.74) is 1.92. The Bertz CT molecular complexity index is 745. The molecule has 0 saturated carbocycles. The molecule has 0 aromatic heterocycles. The van der Waals surface area contributed by atoms with Gasteiger partial charge in [-0.15, -0.1) is 0 Å². The third-order valence-corrected chi connectivity index (χ3v) is 3.80. The summed E-state index contributed by atoms with van der Waals surface area (Å²) < 4.78 is 13.2. The van der Waals surface area contributed by atoms with E-state index in [-0.39, 0.29) is 24.1 Å². The normalized spacial score (nSPS) is 14.1.